The second-order valence-corrected chi connectivity index (χ2v) is 8.86. The van der Waals surface area contributed by atoms with Crippen molar-refractivity contribution in [1.82, 2.24) is 4.90 Å². The quantitative estimate of drug-likeness (QED) is 0.436. The number of anilines is 1. The number of nitrogens with one attached hydrogen (secondary N) is 1. The first-order valence-electron chi connectivity index (χ1n) is 10.9. The summed E-state index contributed by atoms with van der Waals surface area (Å²) < 4.78 is 11.3. The van der Waals surface area contributed by atoms with Gasteiger partial charge in [-0.25, -0.2) is 0 Å². The highest BCUT2D eigenvalue weighted by Gasteiger charge is 2.36. The summed E-state index contributed by atoms with van der Waals surface area (Å²) in [7, 11) is 1.55. The van der Waals surface area contributed by atoms with Gasteiger partial charge < -0.3 is 14.8 Å². The van der Waals surface area contributed by atoms with E-state index in [1.807, 2.05) is 55.5 Å². The number of rotatable bonds is 8. The molecule has 4 rings (SSSR count). The van der Waals surface area contributed by atoms with Crippen molar-refractivity contribution in [3.63, 3.8) is 0 Å². The fourth-order valence-corrected chi connectivity index (χ4v) is 4.32. The van der Waals surface area contributed by atoms with Gasteiger partial charge in [0.05, 0.1) is 12.0 Å². The molecule has 1 aliphatic rings. The van der Waals surface area contributed by atoms with Crippen molar-refractivity contribution < 1.29 is 23.9 Å². The van der Waals surface area contributed by atoms with E-state index in [-0.39, 0.29) is 11.4 Å². The Kier molecular flexibility index (Phi) is 7.52. The van der Waals surface area contributed by atoms with Crippen LogP contribution in [0.4, 0.5) is 10.5 Å². The van der Waals surface area contributed by atoms with Gasteiger partial charge in [0.2, 0.25) is 5.91 Å². The fraction of sp³-hybridized carbons (Fsp3) is 0.148. The molecule has 0 aromatic heterocycles. The number of imide groups is 1. The minimum absolute atomic E-state index is 0.234. The van der Waals surface area contributed by atoms with E-state index < -0.39 is 17.1 Å². The SMILES string of the molecule is COc1ccc(/C=C2\SC(=O)N(CC(=O)Nc3cccc(C)c3)C2=O)cc1OCc1ccccc1. The molecule has 0 atom stereocenters. The lowest BCUT2D eigenvalue weighted by atomic mass is 10.1. The van der Waals surface area contributed by atoms with E-state index in [0.29, 0.717) is 29.4 Å². The molecule has 1 saturated heterocycles. The van der Waals surface area contributed by atoms with Crippen molar-refractivity contribution in [3.8, 4) is 11.5 Å². The predicted molar refractivity (Wildman–Crippen MR) is 136 cm³/mol. The Labute approximate surface area is 207 Å². The number of nitrogens with zero attached hydrogens (tertiary/aromatic N) is 1. The summed E-state index contributed by atoms with van der Waals surface area (Å²) in [5.74, 6) is 0.114. The van der Waals surface area contributed by atoms with Gasteiger partial charge in [-0.2, -0.15) is 0 Å². The minimum atomic E-state index is -0.512. The van der Waals surface area contributed by atoms with Crippen LogP contribution >= 0.6 is 11.8 Å². The molecule has 7 nitrogen and oxygen atoms in total. The molecule has 0 saturated carbocycles. The van der Waals surface area contributed by atoms with E-state index in [2.05, 4.69) is 5.32 Å². The van der Waals surface area contributed by atoms with E-state index in [1.54, 1.807) is 37.5 Å². The lowest BCUT2D eigenvalue weighted by Gasteiger charge is -2.13. The third-order valence-corrected chi connectivity index (χ3v) is 6.11. The summed E-state index contributed by atoms with van der Waals surface area (Å²) in [6.45, 7) is 1.91. The molecule has 0 radical (unpaired) electrons. The number of ether oxygens (including phenoxy) is 2. The van der Waals surface area contributed by atoms with Gasteiger partial charge in [0.25, 0.3) is 11.1 Å². The van der Waals surface area contributed by atoms with Crippen LogP contribution in [-0.4, -0.2) is 35.6 Å². The van der Waals surface area contributed by atoms with Crippen molar-refractivity contribution in [2.45, 2.75) is 13.5 Å². The Morgan fingerprint density at radius 2 is 1.80 bits per heavy atom. The maximum Gasteiger partial charge on any atom is 0.294 e. The highest BCUT2D eigenvalue weighted by Crippen LogP contribution is 2.34. The summed E-state index contributed by atoms with van der Waals surface area (Å²) >= 11 is 0.800. The van der Waals surface area contributed by atoms with E-state index >= 15 is 0 Å². The molecule has 3 amide bonds. The number of carbonyl (C=O) groups is 3. The van der Waals surface area contributed by atoms with Gasteiger partial charge in [-0.15, -0.1) is 0 Å². The van der Waals surface area contributed by atoms with Crippen LogP contribution < -0.4 is 14.8 Å². The van der Waals surface area contributed by atoms with E-state index in [0.717, 1.165) is 27.8 Å². The van der Waals surface area contributed by atoms with Crippen molar-refractivity contribution in [3.05, 3.63) is 94.4 Å². The highest BCUT2D eigenvalue weighted by atomic mass is 32.2. The average molecular weight is 489 g/mol. The third kappa shape index (κ3) is 6.10. The Morgan fingerprint density at radius 1 is 1.00 bits per heavy atom. The molecule has 1 fully saturated rings. The van der Waals surface area contributed by atoms with E-state index in [1.165, 1.54) is 0 Å². The molecule has 0 unspecified atom stereocenters. The van der Waals surface area contributed by atoms with Crippen molar-refractivity contribution in [1.29, 1.82) is 0 Å². The molecule has 178 valence electrons. The van der Waals surface area contributed by atoms with Crippen LogP contribution in [0.3, 0.4) is 0 Å². The van der Waals surface area contributed by atoms with Gasteiger partial charge in [-0.05, 0) is 65.7 Å². The monoisotopic (exact) mass is 488 g/mol. The topological polar surface area (TPSA) is 84.9 Å². The number of thioether (sulfide) groups is 1. The molecular weight excluding hydrogens is 464 g/mol. The van der Waals surface area contributed by atoms with Crippen LogP contribution in [0.1, 0.15) is 16.7 Å². The first-order valence-corrected chi connectivity index (χ1v) is 11.7. The maximum absolute atomic E-state index is 12.9. The molecule has 0 spiro atoms. The second kappa shape index (κ2) is 10.9. The smallest absolute Gasteiger partial charge is 0.294 e. The van der Waals surface area contributed by atoms with Crippen LogP contribution in [0.25, 0.3) is 6.08 Å². The Morgan fingerprint density at radius 3 is 2.54 bits per heavy atom. The lowest BCUT2D eigenvalue weighted by molar-refractivity contribution is -0.127. The Hall–Kier alpha value is -4.04. The predicted octanol–water partition coefficient (Wildman–Crippen LogP) is 5.26. The molecule has 1 N–H and O–H groups in total. The standard InChI is InChI=1S/C27H24N2O5S/c1-18-7-6-10-21(13-18)28-25(30)16-29-26(31)24(35-27(29)32)15-20-11-12-22(33-2)23(14-20)34-17-19-8-4-3-5-9-19/h3-15H,16-17H2,1-2H3,(H,28,30)/b24-15-. The van der Waals surface area contributed by atoms with Gasteiger partial charge in [0.15, 0.2) is 11.5 Å². The summed E-state index contributed by atoms with van der Waals surface area (Å²) in [5.41, 5.74) is 3.27. The van der Waals surface area contributed by atoms with E-state index in [9.17, 15) is 14.4 Å². The summed E-state index contributed by atoms with van der Waals surface area (Å²) in [6.07, 6.45) is 1.61. The van der Waals surface area contributed by atoms with Gasteiger partial charge in [0.1, 0.15) is 13.2 Å². The number of carbonyl (C=O) groups excluding carboxylic acids is 3. The Bertz CT molecular complexity index is 1290. The van der Waals surface area contributed by atoms with Gasteiger partial charge >= 0.3 is 0 Å². The normalized spacial score (nSPS) is 14.3. The number of hydrogen-bond acceptors (Lipinski definition) is 6. The van der Waals surface area contributed by atoms with Gasteiger partial charge in [-0.1, -0.05) is 48.5 Å². The van der Waals surface area contributed by atoms with Crippen molar-refractivity contribution in [2.75, 3.05) is 19.0 Å². The Balaban J connectivity index is 1.45. The molecule has 3 aromatic carbocycles. The maximum atomic E-state index is 12.9. The minimum Gasteiger partial charge on any atom is -0.493 e. The molecule has 0 bridgehead atoms. The molecular formula is C27H24N2O5S. The zero-order chi connectivity index (χ0) is 24.8. The lowest BCUT2D eigenvalue weighted by Crippen LogP contribution is -2.36. The summed E-state index contributed by atoms with van der Waals surface area (Å²) in [4.78, 5) is 38.9. The number of aryl methyl sites for hydroxylation is 1. The van der Waals surface area contributed by atoms with Crippen LogP contribution in [0, 0.1) is 6.92 Å². The molecule has 8 heteroatoms. The largest absolute Gasteiger partial charge is 0.493 e. The van der Waals surface area contributed by atoms with Crippen LogP contribution in [-0.2, 0) is 16.2 Å². The number of methoxy groups -OCH3 is 1. The highest BCUT2D eigenvalue weighted by molar-refractivity contribution is 8.18. The van der Waals surface area contributed by atoms with Crippen LogP contribution in [0.5, 0.6) is 11.5 Å². The van der Waals surface area contributed by atoms with Crippen molar-refractivity contribution in [2.24, 2.45) is 0 Å². The second-order valence-electron chi connectivity index (χ2n) is 7.87. The van der Waals surface area contributed by atoms with Gasteiger partial charge in [0, 0.05) is 5.69 Å². The first kappa shape index (κ1) is 24.1. The summed E-state index contributed by atoms with van der Waals surface area (Å²) in [5, 5.41) is 2.23. The first-order chi connectivity index (χ1) is 16.9. The average Bonchev–Trinajstić information content (AvgIpc) is 3.10. The zero-order valence-electron chi connectivity index (χ0n) is 19.3. The van der Waals surface area contributed by atoms with Crippen molar-refractivity contribution >= 4 is 40.6 Å². The molecule has 35 heavy (non-hydrogen) atoms. The van der Waals surface area contributed by atoms with E-state index in [4.69, 9.17) is 9.47 Å². The van der Waals surface area contributed by atoms with Gasteiger partial charge in [-0.3, -0.25) is 19.3 Å². The van der Waals surface area contributed by atoms with Crippen LogP contribution in [0.2, 0.25) is 0 Å². The number of hydrogen-bond donors (Lipinski definition) is 1. The zero-order valence-corrected chi connectivity index (χ0v) is 20.1. The number of benzene rings is 3. The summed E-state index contributed by atoms with van der Waals surface area (Å²) in [6, 6.07) is 22.3. The molecule has 0 aliphatic carbocycles. The van der Waals surface area contributed by atoms with Crippen LogP contribution in [0.15, 0.2) is 77.7 Å². The fourth-order valence-electron chi connectivity index (χ4n) is 3.49. The number of amides is 3. The third-order valence-electron chi connectivity index (χ3n) is 5.20. The molecule has 1 aliphatic heterocycles. The molecule has 3 aromatic rings. The molecule has 1 heterocycles.